The van der Waals surface area contributed by atoms with Crippen molar-refractivity contribution in [3.8, 4) is 0 Å². The summed E-state index contributed by atoms with van der Waals surface area (Å²) in [5, 5.41) is 2.75. The average Bonchev–Trinajstić information content (AvgIpc) is 2.87. The van der Waals surface area contributed by atoms with Crippen LogP contribution in [0.3, 0.4) is 0 Å². The van der Waals surface area contributed by atoms with Gasteiger partial charge in [0.2, 0.25) is 0 Å². The summed E-state index contributed by atoms with van der Waals surface area (Å²) in [6.07, 6.45) is 1.65. The fourth-order valence-electron chi connectivity index (χ4n) is 1.79. The molecule has 0 aromatic carbocycles. The molecule has 0 spiro atoms. The van der Waals surface area contributed by atoms with Crippen molar-refractivity contribution in [3.05, 3.63) is 47.1 Å². The Labute approximate surface area is 108 Å². The van der Waals surface area contributed by atoms with E-state index in [1.165, 1.54) is 4.88 Å². The first-order chi connectivity index (χ1) is 8.72. The number of fused-ring (bicyclic) bond motifs is 1. The molecule has 1 amide bonds. The number of pyridine rings is 1. The molecule has 0 aliphatic heterocycles. The van der Waals surface area contributed by atoms with Crippen molar-refractivity contribution in [1.82, 2.24) is 9.97 Å². The van der Waals surface area contributed by atoms with Gasteiger partial charge in [0.15, 0.2) is 0 Å². The van der Waals surface area contributed by atoms with E-state index in [4.69, 9.17) is 0 Å². The lowest BCUT2D eigenvalue weighted by Crippen LogP contribution is -2.12. The van der Waals surface area contributed by atoms with Crippen LogP contribution < -0.4 is 5.32 Å². The highest BCUT2D eigenvalue weighted by Crippen LogP contribution is 2.25. The minimum atomic E-state index is -0.172. The monoisotopic (exact) mass is 257 g/mol. The van der Waals surface area contributed by atoms with Gasteiger partial charge >= 0.3 is 0 Å². The molecule has 0 bridgehead atoms. The number of nitrogens with zero attached hydrogens (tertiary/aromatic N) is 1. The molecule has 18 heavy (non-hydrogen) atoms. The van der Waals surface area contributed by atoms with Gasteiger partial charge in [-0.05, 0) is 31.2 Å². The van der Waals surface area contributed by atoms with Crippen LogP contribution in [0.15, 0.2) is 36.5 Å². The molecule has 4 nitrogen and oxygen atoms in total. The SMILES string of the molecule is Cc1cc2[nH]c(C(=O)Nc3ccccn3)cc2s1. The first-order valence-electron chi connectivity index (χ1n) is 5.54. The number of aromatic amines is 1. The highest BCUT2D eigenvalue weighted by atomic mass is 32.1. The van der Waals surface area contributed by atoms with Gasteiger partial charge in [0.05, 0.1) is 10.2 Å². The van der Waals surface area contributed by atoms with Gasteiger partial charge in [-0.2, -0.15) is 0 Å². The molecule has 0 aliphatic rings. The molecule has 0 saturated carbocycles. The summed E-state index contributed by atoms with van der Waals surface area (Å²) in [6, 6.07) is 9.30. The fraction of sp³-hybridized carbons (Fsp3) is 0.0769. The van der Waals surface area contributed by atoms with E-state index in [0.29, 0.717) is 11.5 Å². The Morgan fingerprint density at radius 1 is 1.39 bits per heavy atom. The third-order valence-corrected chi connectivity index (χ3v) is 3.58. The van der Waals surface area contributed by atoms with Gasteiger partial charge in [0.1, 0.15) is 11.5 Å². The predicted octanol–water partition coefficient (Wildman–Crippen LogP) is 3.19. The number of thiophene rings is 1. The Morgan fingerprint density at radius 2 is 2.28 bits per heavy atom. The maximum atomic E-state index is 12.0. The number of anilines is 1. The molecule has 0 atom stereocenters. The largest absolute Gasteiger partial charge is 0.350 e. The number of amides is 1. The number of nitrogens with one attached hydrogen (secondary N) is 2. The van der Waals surface area contributed by atoms with Crippen LogP contribution in [-0.2, 0) is 0 Å². The van der Waals surface area contributed by atoms with Gasteiger partial charge in [-0.25, -0.2) is 4.98 Å². The number of hydrogen-bond donors (Lipinski definition) is 2. The molecule has 0 radical (unpaired) electrons. The van der Waals surface area contributed by atoms with Gasteiger partial charge in [-0.15, -0.1) is 11.3 Å². The molecule has 3 rings (SSSR count). The van der Waals surface area contributed by atoms with Crippen molar-refractivity contribution in [2.45, 2.75) is 6.92 Å². The number of aryl methyl sites for hydroxylation is 1. The van der Waals surface area contributed by atoms with E-state index in [-0.39, 0.29) is 5.91 Å². The molecule has 2 N–H and O–H groups in total. The number of H-pyrrole nitrogens is 1. The molecular formula is C13H11N3OS. The summed E-state index contributed by atoms with van der Waals surface area (Å²) in [6.45, 7) is 2.05. The molecule has 3 aromatic rings. The summed E-state index contributed by atoms with van der Waals surface area (Å²) in [7, 11) is 0. The smallest absolute Gasteiger partial charge is 0.273 e. The normalized spacial score (nSPS) is 10.7. The maximum absolute atomic E-state index is 12.0. The molecule has 0 fully saturated rings. The summed E-state index contributed by atoms with van der Waals surface area (Å²) in [5.74, 6) is 0.381. The molecule has 3 heterocycles. The highest BCUT2D eigenvalue weighted by molar-refractivity contribution is 7.19. The van der Waals surface area contributed by atoms with Crippen molar-refractivity contribution < 1.29 is 4.79 Å². The summed E-state index contributed by atoms with van der Waals surface area (Å²) < 4.78 is 1.10. The number of carbonyl (C=O) groups is 1. The average molecular weight is 257 g/mol. The second-order valence-electron chi connectivity index (χ2n) is 3.99. The minimum absolute atomic E-state index is 0.172. The van der Waals surface area contributed by atoms with Gasteiger partial charge in [-0.3, -0.25) is 4.79 Å². The zero-order valence-electron chi connectivity index (χ0n) is 9.73. The van der Waals surface area contributed by atoms with E-state index < -0.39 is 0 Å². The minimum Gasteiger partial charge on any atom is -0.350 e. The lowest BCUT2D eigenvalue weighted by Gasteiger charge is -2.01. The number of rotatable bonds is 2. The van der Waals surface area contributed by atoms with Crippen LogP contribution in [-0.4, -0.2) is 15.9 Å². The lowest BCUT2D eigenvalue weighted by molar-refractivity contribution is 0.102. The van der Waals surface area contributed by atoms with E-state index in [1.54, 1.807) is 23.6 Å². The van der Waals surface area contributed by atoms with E-state index in [0.717, 1.165) is 10.2 Å². The molecule has 0 unspecified atom stereocenters. The lowest BCUT2D eigenvalue weighted by atomic mass is 10.4. The van der Waals surface area contributed by atoms with Gasteiger partial charge in [0.25, 0.3) is 5.91 Å². The fourth-order valence-corrected chi connectivity index (χ4v) is 2.71. The van der Waals surface area contributed by atoms with Crippen molar-refractivity contribution in [2.75, 3.05) is 5.32 Å². The first kappa shape index (κ1) is 11.0. The Kier molecular flexibility index (Phi) is 2.60. The van der Waals surface area contributed by atoms with Gasteiger partial charge in [0, 0.05) is 11.1 Å². The van der Waals surface area contributed by atoms with Crippen LogP contribution >= 0.6 is 11.3 Å². The standard InChI is InChI=1S/C13H11N3OS/c1-8-6-9-11(18-8)7-10(15-9)13(17)16-12-4-2-3-5-14-12/h2-7,15H,1H3,(H,14,16,17). The van der Waals surface area contributed by atoms with Gasteiger partial charge in [-0.1, -0.05) is 6.07 Å². The second kappa shape index (κ2) is 4.27. The molecule has 0 aliphatic carbocycles. The highest BCUT2D eigenvalue weighted by Gasteiger charge is 2.11. The van der Waals surface area contributed by atoms with Crippen LogP contribution in [0.4, 0.5) is 5.82 Å². The summed E-state index contributed by atoms with van der Waals surface area (Å²) >= 11 is 1.67. The Balaban J connectivity index is 1.85. The van der Waals surface area contributed by atoms with Crippen LogP contribution in [0, 0.1) is 6.92 Å². The third-order valence-electron chi connectivity index (χ3n) is 2.58. The molecule has 0 saturated heterocycles. The van der Waals surface area contributed by atoms with Crippen molar-refractivity contribution in [2.24, 2.45) is 0 Å². The van der Waals surface area contributed by atoms with E-state index in [1.807, 2.05) is 31.2 Å². The summed E-state index contributed by atoms with van der Waals surface area (Å²) in [4.78, 5) is 20.4. The zero-order valence-corrected chi connectivity index (χ0v) is 10.5. The van der Waals surface area contributed by atoms with Crippen molar-refractivity contribution in [3.63, 3.8) is 0 Å². The predicted molar refractivity (Wildman–Crippen MR) is 73.1 cm³/mol. The molecule has 3 aromatic heterocycles. The van der Waals surface area contributed by atoms with Gasteiger partial charge < -0.3 is 10.3 Å². The van der Waals surface area contributed by atoms with Crippen LogP contribution in [0.5, 0.6) is 0 Å². The van der Waals surface area contributed by atoms with Crippen LogP contribution in [0.25, 0.3) is 10.2 Å². The van der Waals surface area contributed by atoms with E-state index >= 15 is 0 Å². The number of carbonyl (C=O) groups excluding carboxylic acids is 1. The zero-order chi connectivity index (χ0) is 12.5. The van der Waals surface area contributed by atoms with E-state index in [9.17, 15) is 4.79 Å². The van der Waals surface area contributed by atoms with Crippen molar-refractivity contribution in [1.29, 1.82) is 0 Å². The maximum Gasteiger partial charge on any atom is 0.273 e. The van der Waals surface area contributed by atoms with Crippen molar-refractivity contribution >= 4 is 33.3 Å². The molecular weight excluding hydrogens is 246 g/mol. The summed E-state index contributed by atoms with van der Waals surface area (Å²) in [5.41, 5.74) is 1.56. The Morgan fingerprint density at radius 3 is 3.00 bits per heavy atom. The number of aromatic nitrogens is 2. The third kappa shape index (κ3) is 2.00. The Hall–Kier alpha value is -2.14. The van der Waals surface area contributed by atoms with Crippen LogP contribution in [0.2, 0.25) is 0 Å². The molecule has 5 heteroatoms. The topological polar surface area (TPSA) is 57.8 Å². The quantitative estimate of drug-likeness (QED) is 0.740. The van der Waals surface area contributed by atoms with Crippen LogP contribution in [0.1, 0.15) is 15.4 Å². The second-order valence-corrected chi connectivity index (χ2v) is 5.27. The Bertz CT molecular complexity index is 668. The molecule has 90 valence electrons. The number of hydrogen-bond acceptors (Lipinski definition) is 3. The van der Waals surface area contributed by atoms with E-state index in [2.05, 4.69) is 15.3 Å². The first-order valence-corrected chi connectivity index (χ1v) is 6.35.